The number of sulfonamides is 1. The van der Waals surface area contributed by atoms with Crippen LogP contribution in [-0.2, 0) is 14.8 Å². The smallest absolute Gasteiger partial charge is 0.264 e. The first-order valence-corrected chi connectivity index (χ1v) is 18.1. The Morgan fingerprint density at radius 1 is 0.980 bits per heavy atom. The number of benzene rings is 2. The number of hydrogen-bond donors (Lipinski definition) is 1. The number of carbonyl (C=O) groups is 1. The van der Waals surface area contributed by atoms with Crippen LogP contribution >= 0.6 is 0 Å². The van der Waals surface area contributed by atoms with Gasteiger partial charge in [0.2, 0.25) is 5.91 Å². The number of nitrogens with zero attached hydrogens (tertiary/aromatic N) is 9. The fourth-order valence-electron chi connectivity index (χ4n) is 6.95. The van der Waals surface area contributed by atoms with Gasteiger partial charge in [-0.15, -0.1) is 0 Å². The standard InChI is InChI=1S/C37H36N10O3S/c1-3-34(48)44-20-18-43(19-21-44)23-26-24-46(51(49,50)28-10-7-25(2)8-11-28)32-22-27(9-12-29(26)32)47-36(30-6-4-15-39-35(30)38)41-31-13-14-33(42-37(31)47)45-17-5-16-40-45/h3-17,22,26H,1,18-21,23-24H2,2H3,(H2,38,39). The van der Waals surface area contributed by atoms with E-state index in [0.717, 1.165) is 11.1 Å². The molecule has 14 heteroatoms. The lowest BCUT2D eigenvalue weighted by Gasteiger charge is -2.35. The van der Waals surface area contributed by atoms with Crippen LogP contribution in [0.25, 0.3) is 34.1 Å². The summed E-state index contributed by atoms with van der Waals surface area (Å²) in [6.45, 7) is 9.03. The first-order valence-electron chi connectivity index (χ1n) is 16.7. The SMILES string of the molecule is C=CC(=O)N1CCN(CC2CN(S(=O)(=O)c3ccc(C)cc3)c3cc(-n4c(-c5cccnc5N)nc5ccc(-n6cccn6)nc54)ccc32)CC1. The van der Waals surface area contributed by atoms with Crippen molar-refractivity contribution in [2.75, 3.05) is 49.3 Å². The van der Waals surface area contributed by atoms with E-state index in [1.165, 1.54) is 10.4 Å². The third-order valence-electron chi connectivity index (χ3n) is 9.62. The van der Waals surface area contributed by atoms with Gasteiger partial charge in [0.05, 0.1) is 21.8 Å². The van der Waals surface area contributed by atoms with Crippen molar-refractivity contribution < 1.29 is 13.2 Å². The van der Waals surface area contributed by atoms with Crippen molar-refractivity contribution in [1.29, 1.82) is 0 Å². The van der Waals surface area contributed by atoms with Crippen LogP contribution in [0.4, 0.5) is 11.5 Å². The average molecular weight is 701 g/mol. The molecule has 0 saturated carbocycles. The Kier molecular flexibility index (Phi) is 8.11. The molecule has 258 valence electrons. The summed E-state index contributed by atoms with van der Waals surface area (Å²) < 4.78 is 33.9. The number of pyridine rings is 2. The van der Waals surface area contributed by atoms with E-state index in [2.05, 4.69) is 21.6 Å². The lowest BCUT2D eigenvalue weighted by Crippen LogP contribution is -2.49. The van der Waals surface area contributed by atoms with Gasteiger partial charge in [-0.3, -0.25) is 18.6 Å². The zero-order valence-electron chi connectivity index (χ0n) is 28.0. The summed E-state index contributed by atoms with van der Waals surface area (Å²) in [6, 6.07) is 22.0. The minimum absolute atomic E-state index is 0.0746. The Labute approximate surface area is 295 Å². The summed E-state index contributed by atoms with van der Waals surface area (Å²) in [5, 5.41) is 4.36. The Bertz CT molecular complexity index is 2380. The maximum atomic E-state index is 14.4. The van der Waals surface area contributed by atoms with Crippen LogP contribution in [0.1, 0.15) is 17.0 Å². The number of carbonyl (C=O) groups excluding carboxylic acids is 1. The van der Waals surface area contributed by atoms with Gasteiger partial charge in [0, 0.05) is 63.8 Å². The van der Waals surface area contributed by atoms with Crippen LogP contribution < -0.4 is 10.0 Å². The van der Waals surface area contributed by atoms with E-state index in [-0.39, 0.29) is 23.3 Å². The van der Waals surface area contributed by atoms with E-state index in [9.17, 15) is 13.2 Å². The van der Waals surface area contributed by atoms with Crippen LogP contribution in [0.15, 0.2) is 109 Å². The number of piperazine rings is 1. The first kappa shape index (κ1) is 32.4. The highest BCUT2D eigenvalue weighted by molar-refractivity contribution is 7.92. The number of fused-ring (bicyclic) bond motifs is 2. The number of nitrogen functional groups attached to an aromatic ring is 1. The van der Waals surface area contributed by atoms with E-state index >= 15 is 0 Å². The summed E-state index contributed by atoms with van der Waals surface area (Å²) in [5.41, 5.74) is 11.3. The van der Waals surface area contributed by atoms with Crippen LogP contribution in [-0.4, -0.2) is 92.7 Å². The number of imidazole rings is 1. The predicted molar refractivity (Wildman–Crippen MR) is 195 cm³/mol. The first-order chi connectivity index (χ1) is 24.7. The van der Waals surface area contributed by atoms with Crippen molar-refractivity contribution in [1.82, 2.24) is 39.1 Å². The molecule has 2 aliphatic rings. The maximum absolute atomic E-state index is 14.4. The third-order valence-corrected chi connectivity index (χ3v) is 11.4. The van der Waals surface area contributed by atoms with Gasteiger partial charge in [0.15, 0.2) is 17.3 Å². The fourth-order valence-corrected chi connectivity index (χ4v) is 8.48. The second kappa shape index (κ2) is 12.8. The molecule has 8 rings (SSSR count). The summed E-state index contributed by atoms with van der Waals surface area (Å²) >= 11 is 0. The number of amides is 1. The molecular formula is C37H36N10O3S. The number of nitrogens with two attached hydrogens (primary N) is 1. The highest BCUT2D eigenvalue weighted by Gasteiger charge is 2.38. The monoisotopic (exact) mass is 700 g/mol. The van der Waals surface area contributed by atoms with Crippen LogP contribution in [0.2, 0.25) is 0 Å². The normalized spacial score (nSPS) is 16.5. The van der Waals surface area contributed by atoms with E-state index < -0.39 is 10.0 Å². The lowest BCUT2D eigenvalue weighted by molar-refractivity contribution is -0.127. The number of hydrogen-bond acceptors (Lipinski definition) is 9. The highest BCUT2D eigenvalue weighted by Crippen LogP contribution is 2.42. The molecule has 0 radical (unpaired) electrons. The molecule has 6 aromatic rings. The molecule has 13 nitrogen and oxygen atoms in total. The zero-order chi connectivity index (χ0) is 35.3. The fraction of sp³-hybridized carbons (Fsp3) is 0.216. The molecule has 0 bridgehead atoms. The van der Waals surface area contributed by atoms with E-state index in [1.807, 2.05) is 72.3 Å². The molecule has 1 amide bonds. The number of anilines is 2. The summed E-state index contributed by atoms with van der Waals surface area (Å²) in [6.07, 6.45) is 6.47. The van der Waals surface area contributed by atoms with Crippen molar-refractivity contribution in [3.8, 4) is 22.9 Å². The molecule has 2 N–H and O–H groups in total. The van der Waals surface area contributed by atoms with Gasteiger partial charge in [-0.2, -0.15) is 5.10 Å². The van der Waals surface area contributed by atoms with Gasteiger partial charge in [-0.05, 0) is 73.2 Å². The summed E-state index contributed by atoms with van der Waals surface area (Å²) in [7, 11) is -3.93. The molecule has 1 saturated heterocycles. The molecular weight excluding hydrogens is 665 g/mol. The Balaban J connectivity index is 1.26. The third kappa shape index (κ3) is 5.81. The second-order valence-electron chi connectivity index (χ2n) is 12.8. The molecule has 1 atom stereocenters. The van der Waals surface area contributed by atoms with Crippen LogP contribution in [0.3, 0.4) is 0 Å². The minimum Gasteiger partial charge on any atom is -0.383 e. The molecule has 2 aromatic carbocycles. The lowest BCUT2D eigenvalue weighted by atomic mass is 10.00. The highest BCUT2D eigenvalue weighted by atomic mass is 32.2. The number of aryl methyl sites for hydroxylation is 1. The number of aromatic nitrogens is 6. The van der Waals surface area contributed by atoms with Crippen molar-refractivity contribution in [3.05, 3.63) is 115 Å². The molecule has 1 fully saturated rings. The van der Waals surface area contributed by atoms with E-state index in [4.69, 9.17) is 15.7 Å². The number of rotatable bonds is 8. The second-order valence-corrected chi connectivity index (χ2v) is 14.7. The van der Waals surface area contributed by atoms with Crippen molar-refractivity contribution in [2.45, 2.75) is 17.7 Å². The predicted octanol–water partition coefficient (Wildman–Crippen LogP) is 4.18. The van der Waals surface area contributed by atoms with Crippen LogP contribution in [0.5, 0.6) is 0 Å². The average Bonchev–Trinajstić information content (AvgIpc) is 3.90. The molecule has 0 aliphatic carbocycles. The summed E-state index contributed by atoms with van der Waals surface area (Å²) in [5.74, 6) is 1.25. The van der Waals surface area contributed by atoms with Gasteiger partial charge in [0.1, 0.15) is 11.3 Å². The van der Waals surface area contributed by atoms with Gasteiger partial charge < -0.3 is 10.6 Å². The molecule has 1 unspecified atom stereocenters. The molecule has 51 heavy (non-hydrogen) atoms. The Morgan fingerprint density at radius 3 is 2.51 bits per heavy atom. The van der Waals surface area contributed by atoms with E-state index in [1.54, 1.807) is 40.2 Å². The van der Waals surface area contributed by atoms with Crippen molar-refractivity contribution >= 4 is 38.6 Å². The van der Waals surface area contributed by atoms with Crippen molar-refractivity contribution in [2.24, 2.45) is 0 Å². The maximum Gasteiger partial charge on any atom is 0.264 e. The van der Waals surface area contributed by atoms with Gasteiger partial charge >= 0.3 is 0 Å². The largest absolute Gasteiger partial charge is 0.383 e. The molecule has 6 heterocycles. The zero-order valence-corrected chi connectivity index (χ0v) is 28.8. The van der Waals surface area contributed by atoms with Gasteiger partial charge in [0.25, 0.3) is 10.0 Å². The Morgan fingerprint density at radius 2 is 1.78 bits per heavy atom. The minimum atomic E-state index is -3.93. The molecule has 0 spiro atoms. The van der Waals surface area contributed by atoms with Gasteiger partial charge in [-0.25, -0.2) is 28.1 Å². The van der Waals surface area contributed by atoms with E-state index in [0.29, 0.717) is 78.3 Å². The molecule has 2 aliphatic heterocycles. The Hall–Kier alpha value is -5.86. The van der Waals surface area contributed by atoms with Crippen molar-refractivity contribution in [3.63, 3.8) is 0 Å². The summed E-state index contributed by atoms with van der Waals surface area (Å²) in [4.78, 5) is 30.8. The van der Waals surface area contributed by atoms with Crippen LogP contribution in [0, 0.1) is 6.92 Å². The quantitative estimate of drug-likeness (QED) is 0.231. The topological polar surface area (TPSA) is 148 Å². The van der Waals surface area contributed by atoms with Gasteiger partial charge in [-0.1, -0.05) is 30.3 Å². The molecule has 4 aromatic heterocycles.